The van der Waals surface area contributed by atoms with E-state index in [0.29, 0.717) is 13.0 Å². The molecule has 3 N–H and O–H groups in total. The van der Waals surface area contributed by atoms with Crippen molar-refractivity contribution < 1.29 is 13.6 Å². The van der Waals surface area contributed by atoms with Crippen molar-refractivity contribution in [3.05, 3.63) is 0 Å². The largest absolute Gasteiger partial charge is 0.337 e. The van der Waals surface area contributed by atoms with Gasteiger partial charge in [0, 0.05) is 13.0 Å². The maximum absolute atomic E-state index is 10.6. The maximum Gasteiger partial charge on any atom is 0.320 e. The summed E-state index contributed by atoms with van der Waals surface area (Å²) in [4.78, 5) is 10.6. The molecule has 0 aromatic carbocycles. The van der Waals surface area contributed by atoms with Crippen LogP contribution in [0.5, 0.6) is 0 Å². The summed E-state index contributed by atoms with van der Waals surface area (Å²) in [6.07, 6.45) is 0.456. The van der Waals surface area contributed by atoms with E-state index >= 15 is 0 Å². The molecule has 62 valence electrons. The summed E-state index contributed by atoms with van der Waals surface area (Å²) in [6.45, 7) is 0.446. The highest BCUT2D eigenvalue weighted by Gasteiger charge is 2.12. The first-order valence-electron chi connectivity index (χ1n) is 2.92. The number of amides is 2. The van der Waals surface area contributed by atoms with Gasteiger partial charge in [-0.2, -0.15) is 0 Å². The average molecular weight is 177 g/mol. The number of urea groups is 1. The van der Waals surface area contributed by atoms with Gasteiger partial charge < -0.3 is 5.32 Å². The minimum Gasteiger partial charge on any atom is -0.337 e. The predicted octanol–water partition coefficient (Wildman–Crippen LogP) is -0.776. The number of nitrogens with zero attached hydrogens (tertiary/aromatic N) is 1. The maximum atomic E-state index is 10.6. The molecule has 0 bridgehead atoms. The number of amidine groups is 1. The molecule has 6 nitrogen and oxygen atoms in total. The van der Waals surface area contributed by atoms with Crippen LogP contribution < -0.4 is 10.6 Å². The fraction of sp³-hybridized carbons (Fsp3) is 0.500. The molecule has 1 saturated heterocycles. The molecule has 0 radical (unpaired) electrons. The minimum absolute atomic E-state index is 0.245. The molecule has 1 rings (SSSR count). The van der Waals surface area contributed by atoms with Gasteiger partial charge in [-0.25, -0.2) is 9.00 Å². The minimum atomic E-state index is -2.23. The van der Waals surface area contributed by atoms with Crippen molar-refractivity contribution in [1.82, 2.24) is 10.6 Å². The predicted molar refractivity (Wildman–Crippen MR) is 39.4 cm³/mol. The lowest BCUT2D eigenvalue weighted by Crippen LogP contribution is -2.46. The Morgan fingerprint density at radius 2 is 2.36 bits per heavy atom. The Morgan fingerprint density at radius 1 is 1.64 bits per heavy atom. The third-order valence-corrected chi connectivity index (χ3v) is 1.47. The van der Waals surface area contributed by atoms with Crippen molar-refractivity contribution in [3.8, 4) is 0 Å². The normalized spacial score (nSPS) is 24.1. The lowest BCUT2D eigenvalue weighted by molar-refractivity contribution is 0.243. The van der Waals surface area contributed by atoms with Crippen LogP contribution in [0.4, 0.5) is 4.79 Å². The molecular formula is C4H7N3O3S. The Balaban J connectivity index is 2.59. The summed E-state index contributed by atoms with van der Waals surface area (Å²) in [5.74, 6) is 0.245. The molecule has 1 fully saturated rings. The molecule has 0 saturated carbocycles. The van der Waals surface area contributed by atoms with Crippen LogP contribution in [-0.2, 0) is 11.3 Å². The van der Waals surface area contributed by atoms with Crippen molar-refractivity contribution >= 4 is 23.1 Å². The van der Waals surface area contributed by atoms with E-state index in [-0.39, 0.29) is 11.9 Å². The van der Waals surface area contributed by atoms with Gasteiger partial charge in [0.05, 0.1) is 0 Å². The first-order valence-corrected chi connectivity index (χ1v) is 3.98. The molecule has 0 spiro atoms. The van der Waals surface area contributed by atoms with Crippen molar-refractivity contribution in [2.45, 2.75) is 6.42 Å². The second kappa shape index (κ2) is 3.44. The first-order chi connectivity index (χ1) is 5.18. The third-order valence-electron chi connectivity index (χ3n) is 1.09. The first kappa shape index (κ1) is 8.15. The van der Waals surface area contributed by atoms with E-state index in [1.165, 1.54) is 0 Å². The number of nitrogens with one attached hydrogen (secondary N) is 2. The Hall–Kier alpha value is -0.950. The number of carbonyl (C=O) groups excluding carboxylic acids is 1. The van der Waals surface area contributed by atoms with Crippen LogP contribution >= 0.6 is 0 Å². The van der Waals surface area contributed by atoms with Gasteiger partial charge in [0.25, 0.3) is 11.3 Å². The monoisotopic (exact) mass is 177 g/mol. The molecule has 1 heterocycles. The molecule has 1 unspecified atom stereocenters. The number of carbonyl (C=O) groups is 1. The van der Waals surface area contributed by atoms with E-state index < -0.39 is 11.3 Å². The Kier molecular flexibility index (Phi) is 2.55. The van der Waals surface area contributed by atoms with Crippen LogP contribution in [0.25, 0.3) is 0 Å². The van der Waals surface area contributed by atoms with Crippen LogP contribution in [0.1, 0.15) is 6.42 Å². The molecule has 11 heavy (non-hydrogen) atoms. The highest BCUT2D eigenvalue weighted by atomic mass is 32.2. The summed E-state index contributed by atoms with van der Waals surface area (Å²) in [6, 6.07) is -0.388. The molecule has 2 amide bonds. The van der Waals surface area contributed by atoms with Crippen molar-refractivity contribution in [1.29, 1.82) is 0 Å². The van der Waals surface area contributed by atoms with Crippen molar-refractivity contribution in [2.24, 2.45) is 4.40 Å². The fourth-order valence-corrected chi connectivity index (χ4v) is 1.02. The summed E-state index contributed by atoms with van der Waals surface area (Å²) in [5, 5.41) is 4.77. The molecular weight excluding hydrogens is 170 g/mol. The number of rotatable bonds is 1. The summed E-state index contributed by atoms with van der Waals surface area (Å²) >= 11 is -2.23. The van der Waals surface area contributed by atoms with Gasteiger partial charge in [-0.15, -0.1) is 4.40 Å². The van der Waals surface area contributed by atoms with Crippen molar-refractivity contribution in [3.63, 3.8) is 0 Å². The van der Waals surface area contributed by atoms with E-state index in [0.717, 1.165) is 0 Å². The van der Waals surface area contributed by atoms with E-state index in [4.69, 9.17) is 4.55 Å². The zero-order chi connectivity index (χ0) is 8.27. The van der Waals surface area contributed by atoms with Gasteiger partial charge in [0.2, 0.25) is 0 Å². The van der Waals surface area contributed by atoms with E-state index in [9.17, 15) is 9.00 Å². The van der Waals surface area contributed by atoms with Gasteiger partial charge in [-0.05, 0) is 0 Å². The van der Waals surface area contributed by atoms with Crippen LogP contribution in [0, 0.1) is 0 Å². The quantitative estimate of drug-likeness (QED) is 0.459. The highest BCUT2D eigenvalue weighted by molar-refractivity contribution is 7.78. The molecule has 1 atom stereocenters. The number of hydrogen-bond acceptors (Lipinski definition) is 2. The molecule has 0 aromatic heterocycles. The second-order valence-corrected chi connectivity index (χ2v) is 2.54. The second-order valence-electron chi connectivity index (χ2n) is 1.90. The molecule has 1 aliphatic rings. The standard InChI is InChI=1S/C4H7N3O3S/c8-4-5-2-1-3(6-4)7-11(9)10/h1-2H2,(H,9,10)(H2,5,6,7,8). The summed E-state index contributed by atoms with van der Waals surface area (Å²) in [5.41, 5.74) is 0. The zero-order valence-corrected chi connectivity index (χ0v) is 6.35. The van der Waals surface area contributed by atoms with Gasteiger partial charge in [0.1, 0.15) is 5.84 Å². The van der Waals surface area contributed by atoms with Gasteiger partial charge in [-0.3, -0.25) is 9.87 Å². The van der Waals surface area contributed by atoms with Crippen LogP contribution in [0.3, 0.4) is 0 Å². The zero-order valence-electron chi connectivity index (χ0n) is 5.53. The van der Waals surface area contributed by atoms with Crippen LogP contribution in [0.2, 0.25) is 0 Å². The SMILES string of the molecule is O=C1NCCC(=NS(=O)O)N1. The number of hydrogen-bond donors (Lipinski definition) is 3. The molecule has 7 heteroatoms. The Bertz CT molecular complexity index is 227. The van der Waals surface area contributed by atoms with E-state index in [2.05, 4.69) is 15.0 Å². The molecule has 1 aliphatic heterocycles. The summed E-state index contributed by atoms with van der Waals surface area (Å²) < 4.78 is 21.7. The lowest BCUT2D eigenvalue weighted by Gasteiger charge is -2.14. The van der Waals surface area contributed by atoms with Gasteiger partial charge >= 0.3 is 6.03 Å². The lowest BCUT2D eigenvalue weighted by atomic mass is 10.3. The Labute approximate surface area is 65.5 Å². The summed E-state index contributed by atoms with van der Waals surface area (Å²) in [7, 11) is 0. The third kappa shape index (κ3) is 2.64. The van der Waals surface area contributed by atoms with Crippen LogP contribution in [0.15, 0.2) is 4.40 Å². The van der Waals surface area contributed by atoms with Crippen molar-refractivity contribution in [2.75, 3.05) is 6.54 Å². The molecule has 0 aliphatic carbocycles. The van der Waals surface area contributed by atoms with E-state index in [1.54, 1.807) is 0 Å². The smallest absolute Gasteiger partial charge is 0.320 e. The van der Waals surface area contributed by atoms with Gasteiger partial charge in [-0.1, -0.05) is 0 Å². The average Bonchev–Trinajstić information content (AvgIpc) is 1.85. The Morgan fingerprint density at radius 3 is 2.91 bits per heavy atom. The van der Waals surface area contributed by atoms with Gasteiger partial charge in [0.15, 0.2) is 0 Å². The van der Waals surface area contributed by atoms with E-state index in [1.807, 2.05) is 0 Å². The van der Waals surface area contributed by atoms with Crippen LogP contribution in [-0.4, -0.2) is 27.2 Å². The molecule has 0 aromatic rings. The fourth-order valence-electron chi connectivity index (χ4n) is 0.695. The topological polar surface area (TPSA) is 90.8 Å². The highest BCUT2D eigenvalue weighted by Crippen LogP contribution is 1.90.